The van der Waals surface area contributed by atoms with Crippen LogP contribution in [0.5, 0.6) is 5.75 Å². The van der Waals surface area contributed by atoms with Crippen LogP contribution in [0.4, 0.5) is 5.95 Å². The zero-order valence-corrected chi connectivity index (χ0v) is 18.3. The highest BCUT2D eigenvalue weighted by atomic mass is 16.5. The van der Waals surface area contributed by atoms with Gasteiger partial charge in [-0.15, -0.1) is 0 Å². The number of nitrogens with zero attached hydrogens (tertiary/aromatic N) is 6. The molecule has 1 aromatic carbocycles. The minimum absolute atomic E-state index is 0.775. The Morgan fingerprint density at radius 3 is 2.47 bits per heavy atom. The first kappa shape index (κ1) is 21.8. The first-order valence-electron chi connectivity index (χ1n) is 10.6. The second kappa shape index (κ2) is 11.3. The lowest BCUT2D eigenvalue weighted by Gasteiger charge is -2.34. The van der Waals surface area contributed by atoms with E-state index in [1.165, 1.54) is 5.56 Å². The lowest BCUT2D eigenvalue weighted by atomic mass is 10.2. The number of methoxy groups -OCH3 is 1. The summed E-state index contributed by atoms with van der Waals surface area (Å²) in [5.41, 5.74) is 1.23. The Morgan fingerprint density at radius 1 is 1.13 bits per heavy atom. The van der Waals surface area contributed by atoms with Gasteiger partial charge < -0.3 is 19.9 Å². The Morgan fingerprint density at radius 2 is 1.83 bits per heavy atom. The molecule has 8 heteroatoms. The fourth-order valence-electron chi connectivity index (χ4n) is 3.47. The fourth-order valence-corrected chi connectivity index (χ4v) is 3.47. The van der Waals surface area contributed by atoms with Crippen LogP contribution in [0.3, 0.4) is 0 Å². The third-order valence-corrected chi connectivity index (χ3v) is 5.16. The molecule has 0 unspecified atom stereocenters. The molecule has 0 aliphatic carbocycles. The average Bonchev–Trinajstić information content (AvgIpc) is 2.80. The number of guanidine groups is 1. The number of aromatic nitrogens is 2. The molecule has 0 atom stereocenters. The van der Waals surface area contributed by atoms with Gasteiger partial charge in [0, 0.05) is 65.3 Å². The molecule has 30 heavy (non-hydrogen) atoms. The van der Waals surface area contributed by atoms with Crippen molar-refractivity contribution in [2.24, 2.45) is 4.99 Å². The number of anilines is 1. The Balaban J connectivity index is 1.47. The minimum atomic E-state index is 0.775. The lowest BCUT2D eigenvalue weighted by Crippen LogP contribution is -2.47. The largest absolute Gasteiger partial charge is 0.497 e. The van der Waals surface area contributed by atoms with E-state index in [2.05, 4.69) is 56.1 Å². The second-order valence-corrected chi connectivity index (χ2v) is 7.32. The molecule has 2 aromatic rings. The van der Waals surface area contributed by atoms with E-state index in [0.717, 1.165) is 70.0 Å². The third kappa shape index (κ3) is 6.32. The van der Waals surface area contributed by atoms with Gasteiger partial charge in [-0.25, -0.2) is 9.97 Å². The van der Waals surface area contributed by atoms with Crippen LogP contribution >= 0.6 is 0 Å². The van der Waals surface area contributed by atoms with Gasteiger partial charge in [0.05, 0.1) is 13.7 Å². The molecular formula is C22H33N7O. The molecule has 0 bridgehead atoms. The van der Waals surface area contributed by atoms with Crippen molar-refractivity contribution >= 4 is 11.9 Å². The van der Waals surface area contributed by atoms with Crippen molar-refractivity contribution in [3.05, 3.63) is 48.3 Å². The van der Waals surface area contributed by atoms with Crippen LogP contribution in [0.15, 0.2) is 47.7 Å². The van der Waals surface area contributed by atoms with Crippen LogP contribution in [0, 0.1) is 0 Å². The highest BCUT2D eigenvalue weighted by Crippen LogP contribution is 2.13. The number of nitrogens with one attached hydrogen (secondary N) is 1. The number of ether oxygens (including phenoxy) is 1. The number of rotatable bonds is 8. The van der Waals surface area contributed by atoms with E-state index in [-0.39, 0.29) is 0 Å². The quantitative estimate of drug-likeness (QED) is 0.524. The Bertz CT molecular complexity index is 774. The third-order valence-electron chi connectivity index (χ3n) is 5.16. The standard InChI is InChI=1S/C22H33N7O/c1-4-23-21(27(2)18-19-6-8-20(30-3)9-7-19)26-12-13-28-14-16-29(17-15-28)22-24-10-5-11-25-22/h5-11H,4,12-18H2,1-3H3,(H,23,26). The summed E-state index contributed by atoms with van der Waals surface area (Å²) in [4.78, 5) is 20.4. The molecule has 1 aliphatic heterocycles. The first-order chi connectivity index (χ1) is 14.7. The molecule has 1 fully saturated rings. The van der Waals surface area contributed by atoms with Crippen LogP contribution in [0.2, 0.25) is 0 Å². The van der Waals surface area contributed by atoms with Gasteiger partial charge in [0.25, 0.3) is 0 Å². The number of piperazine rings is 1. The Labute approximate surface area is 179 Å². The van der Waals surface area contributed by atoms with E-state index in [9.17, 15) is 0 Å². The molecule has 3 rings (SSSR count). The van der Waals surface area contributed by atoms with Crippen LogP contribution in [-0.4, -0.2) is 85.7 Å². The van der Waals surface area contributed by atoms with Crippen molar-refractivity contribution in [3.8, 4) is 5.75 Å². The van der Waals surface area contributed by atoms with Gasteiger partial charge in [0.2, 0.25) is 5.95 Å². The number of hydrogen-bond acceptors (Lipinski definition) is 6. The molecule has 1 N–H and O–H groups in total. The summed E-state index contributed by atoms with van der Waals surface area (Å²) in [7, 11) is 3.76. The van der Waals surface area contributed by atoms with E-state index in [4.69, 9.17) is 9.73 Å². The fraction of sp³-hybridized carbons (Fsp3) is 0.500. The zero-order chi connectivity index (χ0) is 21.2. The maximum absolute atomic E-state index is 5.24. The number of benzene rings is 1. The zero-order valence-electron chi connectivity index (χ0n) is 18.3. The van der Waals surface area contributed by atoms with E-state index in [1.807, 2.05) is 18.2 Å². The second-order valence-electron chi connectivity index (χ2n) is 7.32. The van der Waals surface area contributed by atoms with Gasteiger partial charge in [-0.2, -0.15) is 0 Å². The summed E-state index contributed by atoms with van der Waals surface area (Å²) in [6.45, 7) is 9.38. The predicted octanol–water partition coefficient (Wildman–Crippen LogP) is 1.70. The topological polar surface area (TPSA) is 69.1 Å². The molecule has 0 saturated carbocycles. The van der Waals surface area contributed by atoms with E-state index < -0.39 is 0 Å². The van der Waals surface area contributed by atoms with Gasteiger partial charge in [-0.3, -0.25) is 9.89 Å². The lowest BCUT2D eigenvalue weighted by molar-refractivity contribution is 0.263. The number of aliphatic imine (C=N–C) groups is 1. The van der Waals surface area contributed by atoms with E-state index in [1.54, 1.807) is 19.5 Å². The van der Waals surface area contributed by atoms with Gasteiger partial charge in [0.1, 0.15) is 5.75 Å². The molecule has 0 amide bonds. The van der Waals surface area contributed by atoms with Crippen LogP contribution in [0.25, 0.3) is 0 Å². The Kier molecular flexibility index (Phi) is 8.26. The monoisotopic (exact) mass is 411 g/mol. The number of hydrogen-bond donors (Lipinski definition) is 1. The van der Waals surface area contributed by atoms with Gasteiger partial charge >= 0.3 is 0 Å². The molecule has 0 spiro atoms. The van der Waals surface area contributed by atoms with Crippen molar-refractivity contribution in [3.63, 3.8) is 0 Å². The van der Waals surface area contributed by atoms with Crippen molar-refractivity contribution < 1.29 is 4.74 Å². The Hall–Kier alpha value is -2.87. The molecule has 1 aromatic heterocycles. The molecular weight excluding hydrogens is 378 g/mol. The van der Waals surface area contributed by atoms with Crippen LogP contribution in [0.1, 0.15) is 12.5 Å². The SMILES string of the molecule is CCNC(=NCCN1CCN(c2ncccn2)CC1)N(C)Cc1ccc(OC)cc1. The molecule has 162 valence electrons. The van der Waals surface area contributed by atoms with E-state index >= 15 is 0 Å². The van der Waals surface area contributed by atoms with Crippen molar-refractivity contribution in [1.82, 2.24) is 25.1 Å². The smallest absolute Gasteiger partial charge is 0.225 e. The predicted molar refractivity (Wildman–Crippen MR) is 121 cm³/mol. The van der Waals surface area contributed by atoms with Crippen molar-refractivity contribution in [1.29, 1.82) is 0 Å². The maximum Gasteiger partial charge on any atom is 0.225 e. The molecule has 1 aliphatic rings. The molecule has 1 saturated heterocycles. The first-order valence-corrected chi connectivity index (χ1v) is 10.6. The van der Waals surface area contributed by atoms with E-state index in [0.29, 0.717) is 0 Å². The summed E-state index contributed by atoms with van der Waals surface area (Å²) >= 11 is 0. The van der Waals surface area contributed by atoms with Gasteiger partial charge in [-0.1, -0.05) is 12.1 Å². The van der Waals surface area contributed by atoms with Gasteiger partial charge in [0.15, 0.2) is 5.96 Å². The maximum atomic E-state index is 5.24. The highest BCUT2D eigenvalue weighted by molar-refractivity contribution is 5.79. The highest BCUT2D eigenvalue weighted by Gasteiger charge is 2.18. The summed E-state index contributed by atoms with van der Waals surface area (Å²) in [5.74, 6) is 2.63. The normalized spacial score (nSPS) is 15.2. The van der Waals surface area contributed by atoms with Crippen LogP contribution in [-0.2, 0) is 6.54 Å². The summed E-state index contributed by atoms with van der Waals surface area (Å²) < 4.78 is 5.24. The van der Waals surface area contributed by atoms with Crippen LogP contribution < -0.4 is 15.0 Å². The minimum Gasteiger partial charge on any atom is -0.497 e. The van der Waals surface area contributed by atoms with Crippen molar-refractivity contribution in [2.75, 3.05) is 64.9 Å². The summed E-state index contributed by atoms with van der Waals surface area (Å²) in [6, 6.07) is 10.0. The summed E-state index contributed by atoms with van der Waals surface area (Å²) in [6.07, 6.45) is 3.60. The van der Waals surface area contributed by atoms with Crippen molar-refractivity contribution in [2.45, 2.75) is 13.5 Å². The molecule has 2 heterocycles. The van der Waals surface area contributed by atoms with Gasteiger partial charge in [-0.05, 0) is 30.7 Å². The average molecular weight is 412 g/mol. The molecule has 8 nitrogen and oxygen atoms in total. The summed E-state index contributed by atoms with van der Waals surface area (Å²) in [5, 5.41) is 3.40. The molecule has 0 radical (unpaired) electrons.